The van der Waals surface area contributed by atoms with E-state index in [1.165, 1.54) is 0 Å². The van der Waals surface area contributed by atoms with E-state index in [2.05, 4.69) is 11.1 Å². The van der Waals surface area contributed by atoms with E-state index >= 15 is 0 Å². The first-order chi connectivity index (χ1) is 11.0. The Morgan fingerprint density at radius 1 is 1.39 bits per heavy atom. The smallest absolute Gasteiger partial charge is 0.139 e. The second-order valence-electron chi connectivity index (χ2n) is 5.25. The van der Waals surface area contributed by atoms with Crippen LogP contribution < -0.4 is 0 Å². The summed E-state index contributed by atoms with van der Waals surface area (Å²) in [6, 6.07) is 9.64. The summed E-state index contributed by atoms with van der Waals surface area (Å²) in [4.78, 5) is 16.7. The average Bonchev–Trinajstić information content (AvgIpc) is 2.52. The highest BCUT2D eigenvalue weighted by Gasteiger charge is 2.37. The van der Waals surface area contributed by atoms with E-state index in [1.54, 1.807) is 42.6 Å². The molecule has 0 spiro atoms. The van der Waals surface area contributed by atoms with E-state index in [0.717, 1.165) is 21.4 Å². The SMILES string of the molecule is CSCSC1=C(C#N)[C@H](c2ccc(Cl)cc2)C(C(C)=O)C(C)=N1. The Morgan fingerprint density at radius 2 is 2.04 bits per heavy atom. The van der Waals surface area contributed by atoms with Crippen LogP contribution in [0.15, 0.2) is 39.9 Å². The number of ketones is 1. The van der Waals surface area contributed by atoms with Crippen molar-refractivity contribution >= 4 is 46.6 Å². The van der Waals surface area contributed by atoms with Crippen LogP contribution >= 0.6 is 35.1 Å². The first kappa shape index (κ1) is 18.1. The third-order valence-corrected chi connectivity index (χ3v) is 5.95. The van der Waals surface area contributed by atoms with Gasteiger partial charge in [0.15, 0.2) is 0 Å². The van der Waals surface area contributed by atoms with Crippen LogP contribution in [0.5, 0.6) is 0 Å². The molecule has 0 saturated carbocycles. The molecule has 1 aromatic rings. The summed E-state index contributed by atoms with van der Waals surface area (Å²) in [5.41, 5.74) is 2.25. The molecule has 1 unspecified atom stereocenters. The number of rotatable bonds is 5. The second-order valence-corrected chi connectivity index (χ2v) is 7.88. The van der Waals surface area contributed by atoms with Crippen LogP contribution in [0.25, 0.3) is 0 Å². The van der Waals surface area contributed by atoms with Gasteiger partial charge in [0.05, 0.1) is 17.6 Å². The molecule has 3 nitrogen and oxygen atoms in total. The lowest BCUT2D eigenvalue weighted by Crippen LogP contribution is -2.31. The summed E-state index contributed by atoms with van der Waals surface area (Å²) in [5.74, 6) is -0.672. The minimum Gasteiger partial charge on any atom is -0.299 e. The number of allylic oxidation sites excluding steroid dienone is 1. The number of aliphatic imine (C=N–C) groups is 1. The van der Waals surface area contributed by atoms with E-state index in [4.69, 9.17) is 11.6 Å². The van der Waals surface area contributed by atoms with E-state index in [1.807, 2.05) is 25.3 Å². The monoisotopic (exact) mass is 364 g/mol. The summed E-state index contributed by atoms with van der Waals surface area (Å²) in [6.45, 7) is 3.42. The number of hydrogen-bond acceptors (Lipinski definition) is 5. The van der Waals surface area contributed by atoms with Crippen molar-refractivity contribution in [1.29, 1.82) is 5.26 Å². The largest absolute Gasteiger partial charge is 0.299 e. The molecule has 1 heterocycles. The zero-order valence-electron chi connectivity index (χ0n) is 13.2. The number of carbonyl (C=O) groups excluding carboxylic acids is 1. The molecule has 23 heavy (non-hydrogen) atoms. The van der Waals surface area contributed by atoms with Crippen molar-refractivity contribution in [1.82, 2.24) is 0 Å². The number of Topliss-reactive ketones (excluding diaryl/α,β-unsaturated/α-hetero) is 1. The maximum atomic E-state index is 12.2. The highest BCUT2D eigenvalue weighted by molar-refractivity contribution is 8.17. The fraction of sp³-hybridized carbons (Fsp3) is 0.353. The highest BCUT2D eigenvalue weighted by Crippen LogP contribution is 2.42. The van der Waals surface area contributed by atoms with Gasteiger partial charge in [0.1, 0.15) is 10.8 Å². The van der Waals surface area contributed by atoms with Crippen LogP contribution in [-0.2, 0) is 4.79 Å². The molecule has 0 aromatic heterocycles. The van der Waals surface area contributed by atoms with E-state index in [9.17, 15) is 10.1 Å². The molecular formula is C17H17ClN2OS2. The minimum absolute atomic E-state index is 0.0212. The molecule has 0 amide bonds. The molecule has 1 aromatic carbocycles. The van der Waals surface area contributed by atoms with Crippen molar-refractivity contribution in [2.24, 2.45) is 10.9 Å². The zero-order valence-corrected chi connectivity index (χ0v) is 15.6. The van der Waals surface area contributed by atoms with E-state index in [-0.39, 0.29) is 11.7 Å². The first-order valence-electron chi connectivity index (χ1n) is 7.06. The third-order valence-electron chi connectivity index (χ3n) is 3.70. The van der Waals surface area contributed by atoms with Gasteiger partial charge in [-0.3, -0.25) is 4.79 Å². The van der Waals surface area contributed by atoms with Gasteiger partial charge >= 0.3 is 0 Å². The van der Waals surface area contributed by atoms with Crippen LogP contribution in [0.4, 0.5) is 0 Å². The number of halogens is 1. The minimum atomic E-state index is -0.399. The molecule has 1 aliphatic rings. The molecule has 6 heteroatoms. The Balaban J connectivity index is 2.57. The fourth-order valence-corrected chi connectivity index (χ4v) is 4.31. The van der Waals surface area contributed by atoms with Crippen LogP contribution in [0.3, 0.4) is 0 Å². The van der Waals surface area contributed by atoms with Crippen molar-refractivity contribution < 1.29 is 4.79 Å². The van der Waals surface area contributed by atoms with Gasteiger partial charge in [-0.1, -0.05) is 35.5 Å². The number of nitriles is 1. The van der Waals surface area contributed by atoms with E-state index in [0.29, 0.717) is 10.6 Å². The summed E-state index contributed by atoms with van der Waals surface area (Å²) in [5, 5.41) is 11.9. The summed E-state index contributed by atoms with van der Waals surface area (Å²) in [6.07, 6.45) is 2.01. The Kier molecular flexibility index (Phi) is 6.34. The van der Waals surface area contributed by atoms with Crippen molar-refractivity contribution in [2.75, 3.05) is 11.3 Å². The molecule has 1 aliphatic heterocycles. The lowest BCUT2D eigenvalue weighted by atomic mass is 9.75. The number of thioether (sulfide) groups is 2. The number of benzene rings is 1. The molecule has 0 bridgehead atoms. The zero-order chi connectivity index (χ0) is 17.0. The summed E-state index contributed by atoms with van der Waals surface area (Å²) in [7, 11) is 0. The molecule has 2 atom stereocenters. The van der Waals surface area contributed by atoms with Gasteiger partial charge < -0.3 is 0 Å². The van der Waals surface area contributed by atoms with Crippen molar-refractivity contribution in [2.45, 2.75) is 19.8 Å². The number of carbonyl (C=O) groups is 1. The van der Waals surface area contributed by atoms with Crippen molar-refractivity contribution in [3.05, 3.63) is 45.5 Å². The Bertz CT molecular complexity index is 704. The van der Waals surface area contributed by atoms with Crippen LogP contribution in [0.2, 0.25) is 5.02 Å². The Morgan fingerprint density at radius 3 is 2.57 bits per heavy atom. The molecule has 0 N–H and O–H groups in total. The third kappa shape index (κ3) is 4.00. The number of nitrogens with zero attached hydrogens (tertiary/aromatic N) is 2. The van der Waals surface area contributed by atoms with Gasteiger partial charge in [-0.05, 0) is 37.8 Å². The molecule has 0 radical (unpaired) electrons. The van der Waals surface area contributed by atoms with Crippen LogP contribution in [-0.4, -0.2) is 22.8 Å². The lowest BCUT2D eigenvalue weighted by molar-refractivity contribution is -0.119. The summed E-state index contributed by atoms with van der Waals surface area (Å²) < 4.78 is 0. The standard InChI is InChI=1S/C17H17ClN2OS2/c1-10-15(11(2)21)16(12-4-6-13(18)7-5-12)14(8-19)17(20-10)23-9-22-3/h4-7,15-16H,9H2,1-3H3/t15?,16-/m0/s1. The normalized spacial score (nSPS) is 20.9. The molecular weight excluding hydrogens is 348 g/mol. The first-order valence-corrected chi connectivity index (χ1v) is 9.82. The van der Waals surface area contributed by atoms with Gasteiger partial charge in [0, 0.05) is 21.7 Å². The van der Waals surface area contributed by atoms with Gasteiger partial charge in [-0.25, -0.2) is 4.99 Å². The molecule has 0 fully saturated rings. The predicted molar refractivity (Wildman–Crippen MR) is 100 cm³/mol. The second kappa shape index (κ2) is 8.05. The maximum absolute atomic E-state index is 12.2. The van der Waals surface area contributed by atoms with Gasteiger partial charge in [0.2, 0.25) is 0 Å². The van der Waals surface area contributed by atoms with E-state index < -0.39 is 5.92 Å². The summed E-state index contributed by atoms with van der Waals surface area (Å²) >= 11 is 9.20. The number of hydrogen-bond donors (Lipinski definition) is 0. The molecule has 0 aliphatic carbocycles. The molecule has 120 valence electrons. The average molecular weight is 365 g/mol. The molecule has 2 rings (SSSR count). The van der Waals surface area contributed by atoms with Gasteiger partial charge in [0.25, 0.3) is 0 Å². The Hall–Kier alpha value is -1.22. The Labute approximate surface area is 150 Å². The lowest BCUT2D eigenvalue weighted by Gasteiger charge is -2.30. The topological polar surface area (TPSA) is 53.2 Å². The van der Waals surface area contributed by atoms with Crippen molar-refractivity contribution in [3.8, 4) is 6.07 Å². The van der Waals surface area contributed by atoms with Gasteiger partial charge in [-0.15, -0.1) is 0 Å². The fourth-order valence-electron chi connectivity index (χ4n) is 2.73. The quantitative estimate of drug-likeness (QED) is 0.698. The van der Waals surface area contributed by atoms with Crippen molar-refractivity contribution in [3.63, 3.8) is 0 Å². The highest BCUT2D eigenvalue weighted by atomic mass is 35.5. The van der Waals surface area contributed by atoms with Crippen LogP contribution in [0, 0.1) is 17.2 Å². The predicted octanol–water partition coefficient (Wildman–Crippen LogP) is 4.89. The van der Waals surface area contributed by atoms with Gasteiger partial charge in [-0.2, -0.15) is 17.0 Å². The maximum Gasteiger partial charge on any atom is 0.139 e. The molecule has 0 saturated heterocycles. The van der Waals surface area contributed by atoms with Crippen LogP contribution in [0.1, 0.15) is 25.3 Å².